The summed E-state index contributed by atoms with van der Waals surface area (Å²) in [6.07, 6.45) is 3.73. The zero-order valence-corrected chi connectivity index (χ0v) is 13.5. The van der Waals surface area contributed by atoms with Crippen molar-refractivity contribution in [3.05, 3.63) is 47.0 Å². The topological polar surface area (TPSA) is 39.1 Å². The minimum Gasteiger partial charge on any atom is -0.484 e. The average molecular weight is 308 g/mol. The molecule has 114 valence electrons. The van der Waals surface area contributed by atoms with Crippen LogP contribution in [-0.4, -0.2) is 16.1 Å². The standard InChI is InChI=1S/C16H22ClN3O/c1-4-18-12(3)13-6-7-15(14(17)10-13)21-11-16-19-8-9-20(16)5-2/h6-10,12,18H,4-5,11H2,1-3H3. The van der Waals surface area contributed by atoms with Crippen molar-refractivity contribution in [3.63, 3.8) is 0 Å². The summed E-state index contributed by atoms with van der Waals surface area (Å²) >= 11 is 6.31. The molecule has 1 heterocycles. The number of hydrogen-bond donors (Lipinski definition) is 1. The van der Waals surface area contributed by atoms with Crippen LogP contribution in [0.5, 0.6) is 5.75 Å². The molecule has 0 amide bonds. The van der Waals surface area contributed by atoms with E-state index in [4.69, 9.17) is 16.3 Å². The molecule has 1 aromatic heterocycles. The number of nitrogens with one attached hydrogen (secondary N) is 1. The average Bonchev–Trinajstić information content (AvgIpc) is 2.93. The van der Waals surface area contributed by atoms with Crippen molar-refractivity contribution in [2.45, 2.75) is 40.0 Å². The molecule has 0 aliphatic heterocycles. The monoisotopic (exact) mass is 307 g/mol. The Balaban J connectivity index is 2.04. The lowest BCUT2D eigenvalue weighted by molar-refractivity contribution is 0.290. The van der Waals surface area contributed by atoms with Crippen molar-refractivity contribution in [2.75, 3.05) is 6.54 Å². The number of rotatable bonds is 7. The molecule has 0 bridgehead atoms. The molecule has 0 radical (unpaired) electrons. The van der Waals surface area contributed by atoms with Crippen LogP contribution in [-0.2, 0) is 13.2 Å². The lowest BCUT2D eigenvalue weighted by Crippen LogP contribution is -2.17. The third-order valence-corrected chi connectivity index (χ3v) is 3.76. The van der Waals surface area contributed by atoms with Crippen LogP contribution in [0, 0.1) is 0 Å². The number of aryl methyl sites for hydroxylation is 1. The molecule has 2 aromatic rings. The molecule has 0 aliphatic rings. The summed E-state index contributed by atoms with van der Waals surface area (Å²) in [7, 11) is 0. The molecule has 1 atom stereocenters. The van der Waals surface area contributed by atoms with Crippen molar-refractivity contribution in [3.8, 4) is 5.75 Å². The molecule has 4 nitrogen and oxygen atoms in total. The van der Waals surface area contributed by atoms with Gasteiger partial charge < -0.3 is 14.6 Å². The Bertz CT molecular complexity index is 583. The van der Waals surface area contributed by atoms with E-state index in [1.165, 1.54) is 0 Å². The van der Waals surface area contributed by atoms with Crippen LogP contribution in [0.3, 0.4) is 0 Å². The zero-order chi connectivity index (χ0) is 15.2. The van der Waals surface area contributed by atoms with Crippen molar-refractivity contribution >= 4 is 11.6 Å². The minimum absolute atomic E-state index is 0.278. The second-order valence-electron chi connectivity index (χ2n) is 4.89. The van der Waals surface area contributed by atoms with E-state index in [1.54, 1.807) is 6.20 Å². The van der Waals surface area contributed by atoms with E-state index in [9.17, 15) is 0 Å². The van der Waals surface area contributed by atoms with Crippen LogP contribution in [0.1, 0.15) is 38.2 Å². The summed E-state index contributed by atoms with van der Waals surface area (Å²) in [5, 5.41) is 4.00. The first-order valence-electron chi connectivity index (χ1n) is 7.31. The summed E-state index contributed by atoms with van der Waals surface area (Å²) < 4.78 is 7.83. The first-order valence-corrected chi connectivity index (χ1v) is 7.69. The van der Waals surface area contributed by atoms with Crippen LogP contribution in [0.2, 0.25) is 5.02 Å². The molecular formula is C16H22ClN3O. The van der Waals surface area contributed by atoms with E-state index in [0.717, 1.165) is 24.5 Å². The van der Waals surface area contributed by atoms with Crippen molar-refractivity contribution in [1.82, 2.24) is 14.9 Å². The Labute approximate surface area is 131 Å². The van der Waals surface area contributed by atoms with Gasteiger partial charge >= 0.3 is 0 Å². The van der Waals surface area contributed by atoms with Crippen LogP contribution in [0.25, 0.3) is 0 Å². The molecule has 21 heavy (non-hydrogen) atoms. The number of ether oxygens (including phenoxy) is 1. The quantitative estimate of drug-likeness (QED) is 0.845. The Kier molecular flexibility index (Phi) is 5.65. The summed E-state index contributed by atoms with van der Waals surface area (Å²) in [6.45, 7) is 8.51. The predicted octanol–water partition coefficient (Wildman–Crippen LogP) is 3.81. The Morgan fingerprint density at radius 1 is 1.38 bits per heavy atom. The van der Waals surface area contributed by atoms with Crippen LogP contribution < -0.4 is 10.1 Å². The first-order chi connectivity index (χ1) is 10.2. The maximum absolute atomic E-state index is 6.31. The van der Waals surface area contributed by atoms with Gasteiger partial charge in [-0.2, -0.15) is 0 Å². The van der Waals surface area contributed by atoms with Gasteiger partial charge in [-0.1, -0.05) is 24.6 Å². The van der Waals surface area contributed by atoms with E-state index in [0.29, 0.717) is 17.4 Å². The fourth-order valence-electron chi connectivity index (χ4n) is 2.24. The van der Waals surface area contributed by atoms with Crippen molar-refractivity contribution in [2.24, 2.45) is 0 Å². The normalized spacial score (nSPS) is 12.4. The van der Waals surface area contributed by atoms with Gasteiger partial charge in [0.15, 0.2) is 0 Å². The molecule has 0 fully saturated rings. The number of halogens is 1. The lowest BCUT2D eigenvalue weighted by atomic mass is 10.1. The third kappa shape index (κ3) is 3.99. The van der Waals surface area contributed by atoms with E-state index in [1.807, 2.05) is 24.4 Å². The highest BCUT2D eigenvalue weighted by molar-refractivity contribution is 6.32. The van der Waals surface area contributed by atoms with Gasteiger partial charge in [0.05, 0.1) is 5.02 Å². The van der Waals surface area contributed by atoms with Gasteiger partial charge in [0.2, 0.25) is 0 Å². The Hall–Kier alpha value is -1.52. The maximum Gasteiger partial charge on any atom is 0.146 e. The third-order valence-electron chi connectivity index (χ3n) is 3.47. The van der Waals surface area contributed by atoms with E-state index < -0.39 is 0 Å². The van der Waals surface area contributed by atoms with Gasteiger partial charge in [0, 0.05) is 25.0 Å². The molecule has 1 aromatic carbocycles. The second-order valence-corrected chi connectivity index (χ2v) is 5.29. The minimum atomic E-state index is 0.278. The van der Waals surface area contributed by atoms with E-state index in [-0.39, 0.29) is 6.04 Å². The smallest absolute Gasteiger partial charge is 0.146 e. The summed E-state index contributed by atoms with van der Waals surface area (Å²) in [6, 6.07) is 6.20. The SMILES string of the molecule is CCNC(C)c1ccc(OCc2nccn2CC)c(Cl)c1. The van der Waals surface area contributed by atoms with E-state index >= 15 is 0 Å². The number of aromatic nitrogens is 2. The number of nitrogens with zero attached hydrogens (tertiary/aromatic N) is 2. The number of imidazole rings is 1. The van der Waals surface area contributed by atoms with Crippen molar-refractivity contribution in [1.29, 1.82) is 0 Å². The first kappa shape index (κ1) is 15.9. The molecule has 1 unspecified atom stereocenters. The highest BCUT2D eigenvalue weighted by Crippen LogP contribution is 2.28. The second kappa shape index (κ2) is 7.48. The fraction of sp³-hybridized carbons (Fsp3) is 0.438. The molecule has 1 N–H and O–H groups in total. The van der Waals surface area contributed by atoms with E-state index in [2.05, 4.69) is 35.6 Å². The molecule has 0 spiro atoms. The maximum atomic E-state index is 6.31. The number of benzene rings is 1. The van der Waals surface area contributed by atoms with Gasteiger partial charge in [0.25, 0.3) is 0 Å². The molecule has 0 saturated heterocycles. The molecule has 0 saturated carbocycles. The lowest BCUT2D eigenvalue weighted by Gasteiger charge is -2.15. The van der Waals surface area contributed by atoms with Gasteiger partial charge in [-0.25, -0.2) is 4.98 Å². The van der Waals surface area contributed by atoms with Gasteiger partial charge in [-0.05, 0) is 38.1 Å². The molecule has 5 heteroatoms. The summed E-state index contributed by atoms with van der Waals surface area (Å²) in [5.74, 6) is 1.59. The summed E-state index contributed by atoms with van der Waals surface area (Å²) in [5.41, 5.74) is 1.16. The molecular weight excluding hydrogens is 286 g/mol. The van der Waals surface area contributed by atoms with Crippen LogP contribution in [0.4, 0.5) is 0 Å². The fourth-order valence-corrected chi connectivity index (χ4v) is 2.48. The van der Waals surface area contributed by atoms with Crippen LogP contribution >= 0.6 is 11.6 Å². The Morgan fingerprint density at radius 2 is 2.19 bits per heavy atom. The number of hydrogen-bond acceptors (Lipinski definition) is 3. The van der Waals surface area contributed by atoms with Gasteiger partial charge in [-0.3, -0.25) is 0 Å². The van der Waals surface area contributed by atoms with Crippen LogP contribution in [0.15, 0.2) is 30.6 Å². The molecule has 2 rings (SSSR count). The highest BCUT2D eigenvalue weighted by Gasteiger charge is 2.09. The van der Waals surface area contributed by atoms with Gasteiger partial charge in [-0.15, -0.1) is 0 Å². The van der Waals surface area contributed by atoms with Crippen molar-refractivity contribution < 1.29 is 4.74 Å². The zero-order valence-electron chi connectivity index (χ0n) is 12.8. The Morgan fingerprint density at radius 3 is 2.86 bits per heavy atom. The van der Waals surface area contributed by atoms with Gasteiger partial charge in [0.1, 0.15) is 18.2 Å². The predicted molar refractivity (Wildman–Crippen MR) is 85.8 cm³/mol. The largest absolute Gasteiger partial charge is 0.484 e. The molecule has 0 aliphatic carbocycles. The highest BCUT2D eigenvalue weighted by atomic mass is 35.5. The summed E-state index contributed by atoms with van der Waals surface area (Å²) in [4.78, 5) is 4.29.